The Morgan fingerprint density at radius 2 is 1.55 bits per heavy atom. The molecule has 0 spiro atoms. The molecule has 0 fully saturated rings. The molecular weight excluding hydrogens is 304 g/mol. The molecule has 0 bridgehead atoms. The minimum Gasteiger partial charge on any atom is -0.394 e. The molecule has 3 N–H and O–H groups in total. The highest BCUT2D eigenvalue weighted by molar-refractivity contribution is 6.75. The lowest BCUT2D eigenvalue weighted by Gasteiger charge is -2.36. The van der Waals surface area contributed by atoms with Gasteiger partial charge in [0.15, 0.2) is 0 Å². The average Bonchev–Trinajstić information content (AvgIpc) is 2.50. The normalized spacial score (nSPS) is 14.1. The van der Waals surface area contributed by atoms with Gasteiger partial charge in [0.05, 0.1) is 38.1 Å². The summed E-state index contributed by atoms with van der Waals surface area (Å²) in [5.41, 5.74) is -1.09. The molecule has 0 aliphatic carbocycles. The molecule has 22 heavy (non-hydrogen) atoms. The van der Waals surface area contributed by atoms with Gasteiger partial charge >= 0.3 is 8.80 Å². The molecule has 1 unspecified atom stereocenters. The van der Waals surface area contributed by atoms with E-state index in [0.717, 1.165) is 0 Å². The van der Waals surface area contributed by atoms with E-state index in [1.165, 1.54) is 0 Å². The smallest absolute Gasteiger partial charge is 0.394 e. The number of aliphatic hydroxyl groups is 3. The van der Waals surface area contributed by atoms with E-state index in [4.69, 9.17) is 23.5 Å². The summed E-state index contributed by atoms with van der Waals surface area (Å²) in [4.78, 5) is 0. The lowest BCUT2D eigenvalue weighted by Crippen LogP contribution is -2.61. The molecule has 1 aromatic rings. The Hall–Kier alpha value is -0.803. The van der Waals surface area contributed by atoms with Crippen LogP contribution >= 0.6 is 0 Å². The maximum Gasteiger partial charge on any atom is 0.537 e. The van der Waals surface area contributed by atoms with Crippen molar-refractivity contribution in [1.29, 1.82) is 0 Å². The average molecular weight is 330 g/mol. The first-order chi connectivity index (χ1) is 10.4. The number of benzene rings is 1. The fourth-order valence-electron chi connectivity index (χ4n) is 1.72. The molecule has 0 saturated heterocycles. The predicted octanol–water partition coefficient (Wildman–Crippen LogP) is 0.0263. The molecule has 1 rings (SSSR count). The number of hydrogen-bond donors (Lipinski definition) is 3. The van der Waals surface area contributed by atoms with Crippen molar-refractivity contribution in [3.63, 3.8) is 0 Å². The standard InChI is InChI=1S/C15H26O6Si/c1-13(15(2,3)18)21-22(19-11-9-16,20-12-10-17)14-7-5-4-6-8-14/h4-8,13,16-18H,9-12H2,1-3H3. The van der Waals surface area contributed by atoms with Gasteiger partial charge in [-0.2, -0.15) is 0 Å². The largest absolute Gasteiger partial charge is 0.537 e. The van der Waals surface area contributed by atoms with Crippen molar-refractivity contribution in [3.05, 3.63) is 30.3 Å². The van der Waals surface area contributed by atoms with E-state index < -0.39 is 20.5 Å². The molecular formula is C15H26O6Si. The molecule has 0 aliphatic heterocycles. The second-order valence-electron chi connectivity index (χ2n) is 5.48. The van der Waals surface area contributed by atoms with E-state index in [0.29, 0.717) is 5.19 Å². The summed E-state index contributed by atoms with van der Waals surface area (Å²) in [6.45, 7) is 4.75. The molecule has 1 atom stereocenters. The van der Waals surface area contributed by atoms with Gasteiger partial charge in [-0.15, -0.1) is 0 Å². The lowest BCUT2D eigenvalue weighted by molar-refractivity contribution is -0.0639. The minimum atomic E-state index is -3.37. The molecule has 0 aliphatic rings. The Morgan fingerprint density at radius 1 is 1.05 bits per heavy atom. The summed E-state index contributed by atoms with van der Waals surface area (Å²) in [7, 11) is -3.37. The minimum absolute atomic E-state index is 0.0467. The van der Waals surface area contributed by atoms with Gasteiger partial charge in [-0.25, -0.2) is 0 Å². The maximum absolute atomic E-state index is 10.1. The Labute approximate surface area is 132 Å². The van der Waals surface area contributed by atoms with Crippen LogP contribution in [0.1, 0.15) is 20.8 Å². The summed E-state index contributed by atoms with van der Waals surface area (Å²) in [6, 6.07) is 9.16. The topological polar surface area (TPSA) is 88.4 Å². The summed E-state index contributed by atoms with van der Waals surface area (Å²) < 4.78 is 17.5. The van der Waals surface area contributed by atoms with Gasteiger partial charge in [0.2, 0.25) is 0 Å². The number of rotatable bonds is 10. The number of hydrogen-bond acceptors (Lipinski definition) is 6. The second-order valence-corrected chi connectivity index (χ2v) is 7.98. The molecule has 0 saturated carbocycles. The SMILES string of the molecule is CC(O[Si](OCCO)(OCCO)c1ccccc1)C(C)(C)O. The van der Waals surface area contributed by atoms with Gasteiger partial charge in [0, 0.05) is 5.19 Å². The first-order valence-electron chi connectivity index (χ1n) is 7.31. The van der Waals surface area contributed by atoms with Crippen LogP contribution in [0.2, 0.25) is 0 Å². The summed E-state index contributed by atoms with van der Waals surface area (Å²) in [5.74, 6) is 0. The predicted molar refractivity (Wildman–Crippen MR) is 84.8 cm³/mol. The molecule has 7 heteroatoms. The van der Waals surface area contributed by atoms with Crippen LogP contribution in [-0.4, -0.2) is 62.3 Å². The van der Waals surface area contributed by atoms with E-state index >= 15 is 0 Å². The maximum atomic E-state index is 10.1. The zero-order valence-corrected chi connectivity index (χ0v) is 14.4. The van der Waals surface area contributed by atoms with Crippen LogP contribution < -0.4 is 5.19 Å². The van der Waals surface area contributed by atoms with Crippen molar-refractivity contribution < 1.29 is 28.6 Å². The van der Waals surface area contributed by atoms with E-state index in [1.807, 2.05) is 30.3 Å². The first-order valence-corrected chi connectivity index (χ1v) is 9.03. The third-order valence-corrected chi connectivity index (χ3v) is 6.09. The monoisotopic (exact) mass is 330 g/mol. The fraction of sp³-hybridized carbons (Fsp3) is 0.600. The van der Waals surface area contributed by atoms with Crippen molar-refractivity contribution >= 4 is 14.0 Å². The summed E-state index contributed by atoms with van der Waals surface area (Å²) in [6.07, 6.45) is -0.559. The third-order valence-electron chi connectivity index (χ3n) is 3.22. The zero-order chi connectivity index (χ0) is 16.6. The van der Waals surface area contributed by atoms with Crippen LogP contribution in [0.15, 0.2) is 30.3 Å². The Balaban J connectivity index is 3.13. The lowest BCUT2D eigenvalue weighted by atomic mass is 10.0. The van der Waals surface area contributed by atoms with Crippen molar-refractivity contribution in [3.8, 4) is 0 Å². The quantitative estimate of drug-likeness (QED) is 0.525. The van der Waals surface area contributed by atoms with E-state index in [2.05, 4.69) is 0 Å². The molecule has 0 heterocycles. The molecule has 126 valence electrons. The van der Waals surface area contributed by atoms with E-state index in [1.54, 1.807) is 20.8 Å². The zero-order valence-electron chi connectivity index (χ0n) is 13.4. The molecule has 1 aromatic carbocycles. The molecule has 0 amide bonds. The van der Waals surface area contributed by atoms with Gasteiger partial charge in [0.25, 0.3) is 0 Å². The van der Waals surface area contributed by atoms with Gasteiger partial charge < -0.3 is 28.6 Å². The Bertz CT molecular complexity index is 412. The van der Waals surface area contributed by atoms with E-state index in [9.17, 15) is 5.11 Å². The molecule has 6 nitrogen and oxygen atoms in total. The number of aliphatic hydroxyl groups excluding tert-OH is 2. The van der Waals surface area contributed by atoms with Crippen molar-refractivity contribution in [2.24, 2.45) is 0 Å². The second kappa shape index (κ2) is 8.73. The van der Waals surface area contributed by atoms with Crippen LogP contribution in [0.5, 0.6) is 0 Å². The molecule has 0 aromatic heterocycles. The Kier molecular flexibility index (Phi) is 7.64. The van der Waals surface area contributed by atoms with E-state index in [-0.39, 0.29) is 26.4 Å². The summed E-state index contributed by atoms with van der Waals surface area (Å²) in [5, 5.41) is 29.0. The van der Waals surface area contributed by atoms with Crippen molar-refractivity contribution in [2.45, 2.75) is 32.5 Å². The van der Waals surface area contributed by atoms with Crippen LogP contribution in [0.25, 0.3) is 0 Å². The van der Waals surface area contributed by atoms with Gasteiger partial charge in [0.1, 0.15) is 0 Å². The molecule has 0 radical (unpaired) electrons. The van der Waals surface area contributed by atoms with Gasteiger partial charge in [-0.1, -0.05) is 30.3 Å². The van der Waals surface area contributed by atoms with Crippen LogP contribution in [0.3, 0.4) is 0 Å². The Morgan fingerprint density at radius 3 is 1.95 bits per heavy atom. The van der Waals surface area contributed by atoms with Crippen molar-refractivity contribution in [2.75, 3.05) is 26.4 Å². The van der Waals surface area contributed by atoms with Crippen LogP contribution in [0, 0.1) is 0 Å². The first kappa shape index (κ1) is 19.2. The van der Waals surface area contributed by atoms with Gasteiger partial charge in [-0.3, -0.25) is 0 Å². The van der Waals surface area contributed by atoms with Crippen LogP contribution in [0.4, 0.5) is 0 Å². The van der Waals surface area contributed by atoms with Gasteiger partial charge in [-0.05, 0) is 20.8 Å². The van der Waals surface area contributed by atoms with Crippen molar-refractivity contribution in [1.82, 2.24) is 0 Å². The fourth-order valence-corrected chi connectivity index (χ4v) is 4.49. The third kappa shape index (κ3) is 5.44. The highest BCUT2D eigenvalue weighted by Gasteiger charge is 2.47. The van der Waals surface area contributed by atoms with Crippen LogP contribution in [-0.2, 0) is 13.3 Å². The highest BCUT2D eigenvalue weighted by Crippen LogP contribution is 2.20. The highest BCUT2D eigenvalue weighted by atomic mass is 28.4. The summed E-state index contributed by atoms with van der Waals surface area (Å²) >= 11 is 0.